The van der Waals surface area contributed by atoms with Crippen molar-refractivity contribution in [1.82, 2.24) is 9.21 Å². The van der Waals surface area contributed by atoms with E-state index in [2.05, 4.69) is 10.6 Å². The van der Waals surface area contributed by atoms with Crippen molar-refractivity contribution < 1.29 is 27.5 Å². The first-order valence-corrected chi connectivity index (χ1v) is 12.6. The summed E-state index contributed by atoms with van der Waals surface area (Å²) in [5.41, 5.74) is 1.66. The lowest BCUT2D eigenvalue weighted by Gasteiger charge is -2.30. The molecule has 0 bridgehead atoms. The molecule has 0 radical (unpaired) electrons. The number of piperidine rings is 1. The van der Waals surface area contributed by atoms with Crippen LogP contribution in [0.15, 0.2) is 53.4 Å². The smallest absolute Gasteiger partial charge is 0.309 e. The first-order valence-electron chi connectivity index (χ1n) is 11.2. The Kier molecular flexibility index (Phi) is 8.47. The lowest BCUT2D eigenvalue weighted by molar-refractivity contribution is -0.146. The van der Waals surface area contributed by atoms with Gasteiger partial charge in [-0.2, -0.15) is 4.31 Å². The second kappa shape index (κ2) is 11.3. The normalized spacial score (nSPS) is 16.3. The third-order valence-corrected chi connectivity index (χ3v) is 7.56. The van der Waals surface area contributed by atoms with Crippen LogP contribution in [0.5, 0.6) is 0 Å². The predicted molar refractivity (Wildman–Crippen MR) is 132 cm³/mol. The Morgan fingerprint density at radius 2 is 1.66 bits per heavy atom. The molecule has 11 heteroatoms. The largest absolute Gasteiger partial charge is 0.469 e. The summed E-state index contributed by atoms with van der Waals surface area (Å²) in [7, 11) is 0.881. The highest BCUT2D eigenvalue weighted by molar-refractivity contribution is 7.89. The second-order valence-electron chi connectivity index (χ2n) is 8.43. The van der Waals surface area contributed by atoms with E-state index in [1.807, 2.05) is 0 Å². The molecule has 35 heavy (non-hydrogen) atoms. The van der Waals surface area contributed by atoms with E-state index in [-0.39, 0.29) is 29.8 Å². The number of nitrogens with one attached hydrogen (secondary N) is 2. The van der Waals surface area contributed by atoms with Crippen molar-refractivity contribution in [2.45, 2.75) is 17.7 Å². The molecule has 1 aliphatic heterocycles. The molecule has 188 valence electrons. The monoisotopic (exact) mass is 502 g/mol. The highest BCUT2D eigenvalue weighted by Crippen LogP contribution is 2.25. The number of benzene rings is 2. The maximum atomic E-state index is 13.0. The third-order valence-electron chi connectivity index (χ3n) is 5.69. The molecule has 3 rings (SSSR count). The van der Waals surface area contributed by atoms with Crippen molar-refractivity contribution in [2.24, 2.45) is 5.92 Å². The number of anilines is 2. The van der Waals surface area contributed by atoms with Gasteiger partial charge in [-0.3, -0.25) is 14.4 Å². The SMILES string of the molecule is COC(=O)[C@@H]1CCCN(S(=O)(=O)c2ccc(NCC(=O)Nc3ccc(C(=O)N(C)C)cc3)cc2)C1. The van der Waals surface area contributed by atoms with Crippen molar-refractivity contribution in [3.05, 3.63) is 54.1 Å². The van der Waals surface area contributed by atoms with E-state index in [0.717, 1.165) is 0 Å². The summed E-state index contributed by atoms with van der Waals surface area (Å²) >= 11 is 0. The lowest BCUT2D eigenvalue weighted by atomic mass is 10.0. The van der Waals surface area contributed by atoms with Gasteiger partial charge in [0.2, 0.25) is 15.9 Å². The quantitative estimate of drug-likeness (QED) is 0.529. The Morgan fingerprint density at radius 3 is 2.26 bits per heavy atom. The van der Waals surface area contributed by atoms with Gasteiger partial charge in [0.05, 0.1) is 24.5 Å². The van der Waals surface area contributed by atoms with E-state index >= 15 is 0 Å². The second-order valence-corrected chi connectivity index (χ2v) is 10.4. The molecule has 0 aromatic heterocycles. The lowest BCUT2D eigenvalue weighted by Crippen LogP contribution is -2.42. The maximum absolute atomic E-state index is 13.0. The van der Waals surface area contributed by atoms with Crippen LogP contribution < -0.4 is 10.6 Å². The highest BCUT2D eigenvalue weighted by atomic mass is 32.2. The van der Waals surface area contributed by atoms with E-state index in [9.17, 15) is 22.8 Å². The van der Waals surface area contributed by atoms with E-state index < -0.39 is 21.9 Å². The number of rotatable bonds is 8. The van der Waals surface area contributed by atoms with Gasteiger partial charge in [-0.1, -0.05) is 0 Å². The number of sulfonamides is 1. The number of methoxy groups -OCH3 is 1. The minimum Gasteiger partial charge on any atom is -0.469 e. The van der Waals surface area contributed by atoms with Gasteiger partial charge in [-0.05, 0) is 61.4 Å². The molecule has 0 unspecified atom stereocenters. The number of amides is 2. The van der Waals surface area contributed by atoms with Crippen LogP contribution in [-0.4, -0.2) is 76.2 Å². The zero-order chi connectivity index (χ0) is 25.6. The third kappa shape index (κ3) is 6.58. The minimum atomic E-state index is -3.75. The Morgan fingerprint density at radius 1 is 1.03 bits per heavy atom. The maximum Gasteiger partial charge on any atom is 0.309 e. The Balaban J connectivity index is 1.55. The molecule has 1 heterocycles. The van der Waals surface area contributed by atoms with Crippen LogP contribution in [0.4, 0.5) is 11.4 Å². The number of carbonyl (C=O) groups excluding carboxylic acids is 3. The molecule has 2 aromatic carbocycles. The molecule has 2 N–H and O–H groups in total. The van der Waals surface area contributed by atoms with E-state index in [1.54, 1.807) is 50.5 Å². The van der Waals surface area contributed by atoms with Gasteiger partial charge in [-0.25, -0.2) is 8.42 Å². The first-order chi connectivity index (χ1) is 16.6. The zero-order valence-corrected chi connectivity index (χ0v) is 20.8. The van der Waals surface area contributed by atoms with Gasteiger partial charge in [0.15, 0.2) is 0 Å². The van der Waals surface area contributed by atoms with Gasteiger partial charge in [-0.15, -0.1) is 0 Å². The van der Waals surface area contributed by atoms with Crippen LogP contribution in [0.25, 0.3) is 0 Å². The molecular weight excluding hydrogens is 472 g/mol. The summed E-state index contributed by atoms with van der Waals surface area (Å²) in [6.45, 7) is 0.414. The Bertz CT molecular complexity index is 1160. The summed E-state index contributed by atoms with van der Waals surface area (Å²) < 4.78 is 32.1. The van der Waals surface area contributed by atoms with Gasteiger partial charge >= 0.3 is 5.97 Å². The number of hydrogen-bond acceptors (Lipinski definition) is 7. The zero-order valence-electron chi connectivity index (χ0n) is 20.0. The van der Waals surface area contributed by atoms with Gasteiger partial charge in [0.25, 0.3) is 5.91 Å². The van der Waals surface area contributed by atoms with Crippen molar-refractivity contribution in [3.8, 4) is 0 Å². The number of hydrogen-bond donors (Lipinski definition) is 2. The van der Waals surface area contributed by atoms with Gasteiger partial charge < -0.3 is 20.3 Å². The van der Waals surface area contributed by atoms with Crippen molar-refractivity contribution >= 4 is 39.2 Å². The van der Waals surface area contributed by atoms with Crippen LogP contribution in [0.3, 0.4) is 0 Å². The van der Waals surface area contributed by atoms with Crippen LogP contribution in [0.2, 0.25) is 0 Å². The molecule has 1 fully saturated rings. The van der Waals surface area contributed by atoms with Crippen LogP contribution in [0, 0.1) is 5.92 Å². The van der Waals surface area contributed by atoms with E-state index in [4.69, 9.17) is 4.74 Å². The average Bonchev–Trinajstić information content (AvgIpc) is 2.87. The molecule has 2 aromatic rings. The van der Waals surface area contributed by atoms with Crippen LogP contribution in [-0.2, 0) is 24.3 Å². The Labute approximate surface area is 205 Å². The van der Waals surface area contributed by atoms with E-state index in [1.165, 1.54) is 28.4 Å². The summed E-state index contributed by atoms with van der Waals surface area (Å²) in [4.78, 5) is 37.6. The molecule has 10 nitrogen and oxygen atoms in total. The summed E-state index contributed by atoms with van der Waals surface area (Å²) in [6.07, 6.45) is 1.18. The van der Waals surface area contributed by atoms with E-state index in [0.29, 0.717) is 36.3 Å². The molecule has 0 saturated carbocycles. The predicted octanol–water partition coefficient (Wildman–Crippen LogP) is 2.01. The number of ether oxygens (including phenoxy) is 1. The Hall–Kier alpha value is -3.44. The van der Waals surface area contributed by atoms with Crippen molar-refractivity contribution in [2.75, 3.05) is 51.5 Å². The summed E-state index contributed by atoms with van der Waals surface area (Å²) in [5, 5.41) is 5.69. The average molecular weight is 503 g/mol. The summed E-state index contributed by atoms with van der Waals surface area (Å²) in [5.74, 6) is -1.29. The molecular formula is C24H30N4O6S. The minimum absolute atomic E-state index is 0.0303. The van der Waals surface area contributed by atoms with Crippen molar-refractivity contribution in [1.29, 1.82) is 0 Å². The molecule has 1 saturated heterocycles. The standard InChI is InChI=1S/C24H30N4O6S/c1-27(2)23(30)17-6-8-20(9-7-17)26-22(29)15-25-19-10-12-21(13-11-19)35(32,33)28-14-4-5-18(16-28)24(31)34-3/h6-13,18,25H,4-5,14-16H2,1-3H3,(H,26,29)/t18-/m1/s1. The first kappa shape index (κ1) is 26.2. The number of carbonyl (C=O) groups is 3. The molecule has 1 aliphatic rings. The molecule has 2 amide bonds. The summed E-state index contributed by atoms with van der Waals surface area (Å²) in [6, 6.07) is 12.7. The van der Waals surface area contributed by atoms with Gasteiger partial charge in [0, 0.05) is 44.1 Å². The number of esters is 1. The molecule has 0 aliphatic carbocycles. The fourth-order valence-electron chi connectivity index (χ4n) is 3.76. The fraction of sp³-hybridized carbons (Fsp3) is 0.375. The van der Waals surface area contributed by atoms with Crippen molar-refractivity contribution in [3.63, 3.8) is 0 Å². The molecule has 0 spiro atoms. The van der Waals surface area contributed by atoms with Crippen LogP contribution >= 0.6 is 0 Å². The number of nitrogens with zero attached hydrogens (tertiary/aromatic N) is 2. The fourth-order valence-corrected chi connectivity index (χ4v) is 5.28. The topological polar surface area (TPSA) is 125 Å². The highest BCUT2D eigenvalue weighted by Gasteiger charge is 2.33. The van der Waals surface area contributed by atoms with Gasteiger partial charge in [0.1, 0.15) is 0 Å². The van der Waals surface area contributed by atoms with Crippen LogP contribution in [0.1, 0.15) is 23.2 Å². The molecule has 1 atom stereocenters.